The lowest BCUT2D eigenvalue weighted by molar-refractivity contribution is -0.137. The van der Waals surface area contributed by atoms with E-state index in [1.165, 1.54) is 0 Å². The fraction of sp³-hybridized carbons (Fsp3) is 0.396. The summed E-state index contributed by atoms with van der Waals surface area (Å²) >= 11 is 0. The predicted octanol–water partition coefficient (Wildman–Crippen LogP) is 10.7. The van der Waals surface area contributed by atoms with Crippen LogP contribution in [0.4, 0.5) is 0 Å². The van der Waals surface area contributed by atoms with Crippen molar-refractivity contribution in [2.24, 2.45) is 47.3 Å². The smallest absolute Gasteiger partial charge is 0.222 e. The standard InChI is InChI=1S/C48H53N5O/c1-31-15-16-36(44(33(31)3)24-22-42-20-18-40(30-52-42)46-14-10-8-12-38(46)28-50)26-48(54)53(6)47-25-32(2)34(4)43(35(47)5)23-21-41-19-17-39(29-51-41)45-13-9-7-11-37(45)27-49/h7-14,17-24,29-36,43-44,47H,15-16,25-26H2,1-6H3/t31-,32-,33+,34+,35?,36+,43-,44-,47?/m0/s1. The maximum absolute atomic E-state index is 14.2. The minimum atomic E-state index is 0.166. The molecule has 9 atom stereocenters. The van der Waals surface area contributed by atoms with E-state index in [4.69, 9.17) is 9.97 Å². The first-order valence-corrected chi connectivity index (χ1v) is 19.6. The van der Waals surface area contributed by atoms with Gasteiger partial charge in [-0.2, -0.15) is 10.5 Å². The van der Waals surface area contributed by atoms with Gasteiger partial charge in [-0.1, -0.05) is 102 Å². The van der Waals surface area contributed by atoms with Crippen LogP contribution in [-0.2, 0) is 4.79 Å². The summed E-state index contributed by atoms with van der Waals surface area (Å²) in [5.74, 6) is 3.45. The van der Waals surface area contributed by atoms with E-state index >= 15 is 0 Å². The van der Waals surface area contributed by atoms with Gasteiger partial charge in [0.25, 0.3) is 0 Å². The minimum Gasteiger partial charge on any atom is -0.342 e. The molecule has 2 aromatic carbocycles. The van der Waals surface area contributed by atoms with Gasteiger partial charge in [-0.25, -0.2) is 0 Å². The molecule has 0 spiro atoms. The monoisotopic (exact) mass is 715 g/mol. The van der Waals surface area contributed by atoms with E-state index in [0.29, 0.717) is 53.1 Å². The third-order valence-electron chi connectivity index (χ3n) is 13.0. The van der Waals surface area contributed by atoms with Crippen LogP contribution in [0.2, 0.25) is 0 Å². The van der Waals surface area contributed by atoms with Gasteiger partial charge in [0.1, 0.15) is 0 Å². The number of pyridine rings is 2. The number of carbonyl (C=O) groups is 1. The topological polar surface area (TPSA) is 93.7 Å². The van der Waals surface area contributed by atoms with E-state index in [9.17, 15) is 15.3 Å². The average molecular weight is 716 g/mol. The van der Waals surface area contributed by atoms with Crippen molar-refractivity contribution in [2.45, 2.75) is 66.3 Å². The Morgan fingerprint density at radius 3 is 1.74 bits per heavy atom. The largest absolute Gasteiger partial charge is 0.342 e. The lowest BCUT2D eigenvalue weighted by atomic mass is 9.65. The second-order valence-corrected chi connectivity index (χ2v) is 16.0. The van der Waals surface area contributed by atoms with Crippen molar-refractivity contribution in [3.8, 4) is 34.4 Å². The molecule has 0 saturated heterocycles. The molecule has 2 saturated carbocycles. The minimum absolute atomic E-state index is 0.166. The molecule has 2 fully saturated rings. The number of carbonyl (C=O) groups excluding carboxylic acids is 1. The Hall–Kier alpha value is -5.33. The van der Waals surface area contributed by atoms with Crippen molar-refractivity contribution in [3.05, 3.63) is 120 Å². The lowest BCUT2D eigenvalue weighted by Gasteiger charge is -2.47. The molecule has 6 nitrogen and oxygen atoms in total. The molecule has 2 aliphatic rings. The van der Waals surface area contributed by atoms with Crippen LogP contribution in [0.5, 0.6) is 0 Å². The maximum atomic E-state index is 14.2. The Balaban J connectivity index is 1.12. The summed E-state index contributed by atoms with van der Waals surface area (Å²) in [6.45, 7) is 11.7. The highest BCUT2D eigenvalue weighted by Crippen LogP contribution is 2.44. The number of allylic oxidation sites excluding steroid dienone is 2. The average Bonchev–Trinajstić information content (AvgIpc) is 3.20. The molecule has 0 aliphatic heterocycles. The van der Waals surface area contributed by atoms with Crippen LogP contribution in [-0.4, -0.2) is 33.9 Å². The summed E-state index contributed by atoms with van der Waals surface area (Å²) in [6.07, 6.45) is 16.3. The van der Waals surface area contributed by atoms with E-state index in [1.54, 1.807) is 0 Å². The molecule has 0 bridgehead atoms. The van der Waals surface area contributed by atoms with Gasteiger partial charge in [0, 0.05) is 54.2 Å². The van der Waals surface area contributed by atoms with Gasteiger partial charge >= 0.3 is 0 Å². The van der Waals surface area contributed by atoms with Crippen molar-refractivity contribution < 1.29 is 4.79 Å². The Bertz CT molecular complexity index is 2050. The molecule has 1 amide bonds. The highest BCUT2D eigenvalue weighted by Gasteiger charge is 2.41. The molecule has 2 aliphatic carbocycles. The summed E-state index contributed by atoms with van der Waals surface area (Å²) < 4.78 is 0. The quantitative estimate of drug-likeness (QED) is 0.172. The van der Waals surface area contributed by atoms with Gasteiger partial charge < -0.3 is 4.90 Å². The van der Waals surface area contributed by atoms with E-state index in [0.717, 1.165) is 52.9 Å². The lowest BCUT2D eigenvalue weighted by Crippen LogP contribution is -2.50. The summed E-state index contributed by atoms with van der Waals surface area (Å²) in [6, 6.07) is 28.1. The normalized spacial score (nSPS) is 27.0. The number of nitrogens with zero attached hydrogens (tertiary/aromatic N) is 5. The fourth-order valence-electron chi connectivity index (χ4n) is 9.06. The second kappa shape index (κ2) is 17.2. The number of benzene rings is 2. The molecular weight excluding hydrogens is 663 g/mol. The predicted molar refractivity (Wildman–Crippen MR) is 218 cm³/mol. The molecular formula is C48H53N5O. The van der Waals surface area contributed by atoms with Gasteiger partial charge in [0.2, 0.25) is 5.91 Å². The Morgan fingerprint density at radius 1 is 0.704 bits per heavy atom. The number of hydrogen-bond donors (Lipinski definition) is 0. The van der Waals surface area contributed by atoms with Crippen LogP contribution in [0.25, 0.3) is 34.4 Å². The van der Waals surface area contributed by atoms with Crippen molar-refractivity contribution in [3.63, 3.8) is 0 Å². The summed E-state index contributed by atoms with van der Waals surface area (Å²) in [7, 11) is 2.03. The molecule has 276 valence electrons. The van der Waals surface area contributed by atoms with E-state index in [1.807, 2.05) is 92.2 Å². The maximum Gasteiger partial charge on any atom is 0.222 e. The second-order valence-electron chi connectivity index (χ2n) is 16.0. The first-order chi connectivity index (χ1) is 26.1. The highest BCUT2D eigenvalue weighted by molar-refractivity contribution is 5.77. The SMILES string of the molecule is CC1C(N(C)C(=O)C[C@H]2CC[C@H](C)[C@@H](C)[C@@H]2C=Cc2ccc(-c3ccccc3C#N)cn2)C[C@H](C)[C@@H](C)[C@@H]1C=Cc1ccc(-c2ccccc2C#N)cn1. The van der Waals surface area contributed by atoms with Crippen molar-refractivity contribution in [1.29, 1.82) is 10.5 Å². The van der Waals surface area contributed by atoms with Gasteiger partial charge in [-0.15, -0.1) is 0 Å². The molecule has 54 heavy (non-hydrogen) atoms. The molecule has 2 unspecified atom stereocenters. The van der Waals surface area contributed by atoms with Crippen molar-refractivity contribution in [1.82, 2.24) is 14.9 Å². The molecule has 0 N–H and O–H groups in total. The van der Waals surface area contributed by atoms with Gasteiger partial charge in [0.15, 0.2) is 0 Å². The van der Waals surface area contributed by atoms with Crippen molar-refractivity contribution >= 4 is 18.1 Å². The van der Waals surface area contributed by atoms with Gasteiger partial charge in [-0.3, -0.25) is 14.8 Å². The first-order valence-electron chi connectivity index (χ1n) is 19.6. The van der Waals surface area contributed by atoms with Crippen LogP contribution >= 0.6 is 0 Å². The molecule has 4 aromatic rings. The molecule has 6 rings (SSSR count). The number of rotatable bonds is 9. The van der Waals surface area contributed by atoms with Crippen LogP contribution in [0, 0.1) is 70.0 Å². The van der Waals surface area contributed by atoms with Gasteiger partial charge in [0.05, 0.1) is 34.7 Å². The van der Waals surface area contributed by atoms with Crippen LogP contribution in [0.1, 0.15) is 82.8 Å². The third-order valence-corrected chi connectivity index (χ3v) is 13.0. The summed E-state index contributed by atoms with van der Waals surface area (Å²) in [4.78, 5) is 25.7. The van der Waals surface area contributed by atoms with Crippen LogP contribution in [0.15, 0.2) is 97.3 Å². The summed E-state index contributed by atoms with van der Waals surface area (Å²) in [5, 5.41) is 19.1. The Kier molecular flexibility index (Phi) is 12.2. The van der Waals surface area contributed by atoms with E-state index in [-0.39, 0.29) is 23.8 Å². The Labute approximate surface area is 322 Å². The number of amides is 1. The zero-order valence-corrected chi connectivity index (χ0v) is 32.6. The fourth-order valence-corrected chi connectivity index (χ4v) is 9.06. The zero-order valence-electron chi connectivity index (χ0n) is 32.6. The number of nitriles is 2. The summed E-state index contributed by atoms with van der Waals surface area (Å²) in [5.41, 5.74) is 6.70. The van der Waals surface area contributed by atoms with Gasteiger partial charge in [-0.05, 0) is 96.6 Å². The van der Waals surface area contributed by atoms with Crippen LogP contribution < -0.4 is 0 Å². The zero-order chi connectivity index (χ0) is 38.4. The van der Waals surface area contributed by atoms with Crippen molar-refractivity contribution in [2.75, 3.05) is 7.05 Å². The van der Waals surface area contributed by atoms with Crippen LogP contribution in [0.3, 0.4) is 0 Å². The Morgan fingerprint density at radius 2 is 1.22 bits per heavy atom. The molecule has 2 heterocycles. The molecule has 6 heteroatoms. The molecule has 2 aromatic heterocycles. The number of hydrogen-bond acceptors (Lipinski definition) is 5. The highest BCUT2D eigenvalue weighted by atomic mass is 16.2. The van der Waals surface area contributed by atoms with E-state index < -0.39 is 0 Å². The van der Waals surface area contributed by atoms with E-state index in [2.05, 4.69) is 76.0 Å². The number of aromatic nitrogens is 2. The third kappa shape index (κ3) is 8.40. The first kappa shape index (κ1) is 38.4. The molecule has 0 radical (unpaired) electrons.